The number of hydrogen-bond acceptors (Lipinski definition) is 3. The van der Waals surface area contributed by atoms with Crippen LogP contribution in [-0.4, -0.2) is 32.6 Å². The van der Waals surface area contributed by atoms with Gasteiger partial charge in [0.25, 0.3) is 0 Å². The summed E-state index contributed by atoms with van der Waals surface area (Å²) < 4.78 is 5.47. The van der Waals surface area contributed by atoms with Gasteiger partial charge in [-0.05, 0) is 50.2 Å². The Morgan fingerprint density at radius 2 is 1.89 bits per heavy atom. The van der Waals surface area contributed by atoms with Crippen molar-refractivity contribution in [3.05, 3.63) is 29.3 Å². The lowest BCUT2D eigenvalue weighted by Crippen LogP contribution is -2.32. The normalized spacial score (nSPS) is 17.9. The summed E-state index contributed by atoms with van der Waals surface area (Å²) >= 11 is 0. The molecule has 1 fully saturated rings. The minimum Gasteiger partial charge on any atom is -0.497 e. The van der Waals surface area contributed by atoms with Crippen molar-refractivity contribution in [1.29, 1.82) is 0 Å². The van der Waals surface area contributed by atoms with Crippen LogP contribution in [0.2, 0.25) is 0 Å². The summed E-state index contributed by atoms with van der Waals surface area (Å²) in [6.07, 6.45) is 4.99. The largest absolute Gasteiger partial charge is 0.497 e. The predicted octanol–water partition coefficient (Wildman–Crippen LogP) is 2.53. The van der Waals surface area contributed by atoms with Crippen LogP contribution in [0.1, 0.15) is 36.8 Å². The molecule has 0 amide bonds. The minimum atomic E-state index is 0.176. The molecular weight excluding hydrogens is 236 g/mol. The van der Waals surface area contributed by atoms with Gasteiger partial charge in [-0.15, -0.1) is 0 Å². The van der Waals surface area contributed by atoms with Crippen LogP contribution in [0.5, 0.6) is 5.75 Å². The Balaban J connectivity index is 2.38. The molecule has 1 aromatic rings. The molecule has 0 radical (unpaired) electrons. The van der Waals surface area contributed by atoms with E-state index in [4.69, 9.17) is 10.5 Å². The smallest absolute Gasteiger partial charge is 0.119 e. The molecule has 3 heteroatoms. The van der Waals surface area contributed by atoms with Crippen molar-refractivity contribution in [2.75, 3.05) is 27.7 Å². The maximum Gasteiger partial charge on any atom is 0.119 e. The molecule has 19 heavy (non-hydrogen) atoms. The van der Waals surface area contributed by atoms with Crippen molar-refractivity contribution in [3.8, 4) is 5.75 Å². The number of nitrogens with zero attached hydrogens (tertiary/aromatic N) is 1. The molecule has 1 aromatic carbocycles. The number of ether oxygens (including phenoxy) is 1. The molecule has 0 heterocycles. The Bertz CT molecular complexity index is 423. The lowest BCUT2D eigenvalue weighted by Gasteiger charge is -2.29. The molecular formula is C16H26N2O. The third-order valence-electron chi connectivity index (χ3n) is 4.26. The minimum absolute atomic E-state index is 0.176. The first-order valence-corrected chi connectivity index (χ1v) is 7.13. The van der Waals surface area contributed by atoms with Gasteiger partial charge in [0.2, 0.25) is 0 Å². The van der Waals surface area contributed by atoms with Gasteiger partial charge in [-0.1, -0.05) is 18.9 Å². The van der Waals surface area contributed by atoms with E-state index in [9.17, 15) is 0 Å². The van der Waals surface area contributed by atoms with Crippen LogP contribution in [0.25, 0.3) is 0 Å². The van der Waals surface area contributed by atoms with Gasteiger partial charge in [0.05, 0.1) is 7.11 Å². The molecule has 0 atom stereocenters. The first-order valence-electron chi connectivity index (χ1n) is 7.13. The lowest BCUT2D eigenvalue weighted by molar-refractivity contribution is 0.390. The van der Waals surface area contributed by atoms with Crippen LogP contribution < -0.4 is 10.5 Å². The fourth-order valence-electron chi connectivity index (χ4n) is 3.20. The van der Waals surface area contributed by atoms with E-state index in [1.807, 2.05) is 0 Å². The molecule has 0 unspecified atom stereocenters. The van der Waals surface area contributed by atoms with Crippen LogP contribution in [0, 0.1) is 0 Å². The Morgan fingerprint density at radius 3 is 2.42 bits per heavy atom. The molecule has 106 valence electrons. The van der Waals surface area contributed by atoms with E-state index >= 15 is 0 Å². The molecule has 1 saturated carbocycles. The monoisotopic (exact) mass is 262 g/mol. The second kappa shape index (κ2) is 5.93. The molecule has 0 aromatic heterocycles. The zero-order valence-electron chi connectivity index (χ0n) is 12.4. The summed E-state index contributed by atoms with van der Waals surface area (Å²) in [7, 11) is 5.92. The van der Waals surface area contributed by atoms with Gasteiger partial charge in [-0.3, -0.25) is 0 Å². The van der Waals surface area contributed by atoms with Gasteiger partial charge in [-0.25, -0.2) is 0 Å². The molecule has 2 rings (SSSR count). The maximum atomic E-state index is 6.09. The third kappa shape index (κ3) is 3.10. The van der Waals surface area contributed by atoms with E-state index in [2.05, 4.69) is 37.2 Å². The Morgan fingerprint density at radius 1 is 1.21 bits per heavy atom. The van der Waals surface area contributed by atoms with Crippen LogP contribution in [0.15, 0.2) is 18.2 Å². The molecule has 0 aliphatic heterocycles. The summed E-state index contributed by atoms with van der Waals surface area (Å²) in [6, 6.07) is 6.63. The van der Waals surface area contributed by atoms with Gasteiger partial charge >= 0.3 is 0 Å². The number of nitrogens with two attached hydrogens (primary N) is 1. The highest BCUT2D eigenvalue weighted by Crippen LogP contribution is 2.41. The van der Waals surface area contributed by atoms with E-state index in [0.29, 0.717) is 0 Å². The topological polar surface area (TPSA) is 38.5 Å². The Kier molecular flexibility index (Phi) is 4.48. The summed E-state index contributed by atoms with van der Waals surface area (Å²) in [5.41, 5.74) is 8.94. The van der Waals surface area contributed by atoms with E-state index < -0.39 is 0 Å². The molecule has 1 aliphatic carbocycles. The van der Waals surface area contributed by atoms with Crippen LogP contribution >= 0.6 is 0 Å². The molecule has 2 N–H and O–H groups in total. The summed E-state index contributed by atoms with van der Waals surface area (Å²) in [4.78, 5) is 2.18. The third-order valence-corrected chi connectivity index (χ3v) is 4.26. The summed E-state index contributed by atoms with van der Waals surface area (Å²) in [5.74, 6) is 0.953. The van der Waals surface area contributed by atoms with Crippen LogP contribution in [-0.2, 0) is 12.0 Å². The average molecular weight is 262 g/mol. The highest BCUT2D eigenvalue weighted by molar-refractivity contribution is 5.39. The van der Waals surface area contributed by atoms with E-state index in [1.165, 1.54) is 36.8 Å². The predicted molar refractivity (Wildman–Crippen MR) is 79.6 cm³/mol. The van der Waals surface area contributed by atoms with Crippen molar-refractivity contribution in [2.45, 2.75) is 37.6 Å². The lowest BCUT2D eigenvalue weighted by atomic mass is 9.78. The van der Waals surface area contributed by atoms with Crippen molar-refractivity contribution < 1.29 is 4.74 Å². The zero-order valence-corrected chi connectivity index (χ0v) is 12.4. The standard InChI is InChI=1S/C16H26N2O/c1-18(2)11-13-8-14(10-15(9-13)19-3)16(12-17)6-4-5-7-16/h8-10H,4-7,11-12,17H2,1-3H3. The molecule has 3 nitrogen and oxygen atoms in total. The molecule has 0 spiro atoms. The fraction of sp³-hybridized carbons (Fsp3) is 0.625. The van der Waals surface area contributed by atoms with E-state index in [1.54, 1.807) is 7.11 Å². The highest BCUT2D eigenvalue weighted by atomic mass is 16.5. The van der Waals surface area contributed by atoms with Crippen molar-refractivity contribution >= 4 is 0 Å². The first kappa shape index (κ1) is 14.4. The molecule has 1 aliphatic rings. The second-order valence-electron chi connectivity index (χ2n) is 6.00. The van der Waals surface area contributed by atoms with Gasteiger partial charge in [0.15, 0.2) is 0 Å². The number of benzene rings is 1. The molecule has 0 bridgehead atoms. The van der Waals surface area contributed by atoms with Gasteiger partial charge in [0.1, 0.15) is 5.75 Å². The number of methoxy groups -OCH3 is 1. The zero-order chi connectivity index (χ0) is 13.9. The number of rotatable bonds is 5. The maximum absolute atomic E-state index is 6.09. The SMILES string of the molecule is COc1cc(CN(C)C)cc(C2(CN)CCCC2)c1. The Labute approximate surface area is 116 Å². The van der Waals surface area contributed by atoms with Crippen molar-refractivity contribution in [2.24, 2.45) is 5.73 Å². The second-order valence-corrected chi connectivity index (χ2v) is 6.00. The van der Waals surface area contributed by atoms with Crippen LogP contribution in [0.3, 0.4) is 0 Å². The van der Waals surface area contributed by atoms with Gasteiger partial charge in [0, 0.05) is 18.5 Å². The van der Waals surface area contributed by atoms with E-state index in [-0.39, 0.29) is 5.41 Å². The van der Waals surface area contributed by atoms with Gasteiger partial charge in [-0.2, -0.15) is 0 Å². The Hall–Kier alpha value is -1.06. The summed E-state index contributed by atoms with van der Waals surface area (Å²) in [5, 5.41) is 0. The molecule has 0 saturated heterocycles. The van der Waals surface area contributed by atoms with Crippen molar-refractivity contribution in [1.82, 2.24) is 4.90 Å². The fourth-order valence-corrected chi connectivity index (χ4v) is 3.20. The first-order chi connectivity index (χ1) is 9.09. The average Bonchev–Trinajstić information content (AvgIpc) is 2.87. The van der Waals surface area contributed by atoms with Crippen molar-refractivity contribution in [3.63, 3.8) is 0 Å². The van der Waals surface area contributed by atoms with Crippen LogP contribution in [0.4, 0.5) is 0 Å². The quantitative estimate of drug-likeness (QED) is 0.886. The van der Waals surface area contributed by atoms with Gasteiger partial charge < -0.3 is 15.4 Å². The highest BCUT2D eigenvalue weighted by Gasteiger charge is 2.34. The van der Waals surface area contributed by atoms with E-state index in [0.717, 1.165) is 18.8 Å². The summed E-state index contributed by atoms with van der Waals surface area (Å²) in [6.45, 7) is 1.67. The number of hydrogen-bond donors (Lipinski definition) is 1.